The lowest BCUT2D eigenvalue weighted by Crippen LogP contribution is -2.64. The first-order chi connectivity index (χ1) is 61.1. The first kappa shape index (κ1) is 108. The number of carbonyl (C=O) groups is 5. The molecule has 28 nitrogen and oxygen atoms in total. The van der Waals surface area contributed by atoms with Gasteiger partial charge in [0.05, 0.1) is 24.4 Å². The quantitative estimate of drug-likeness (QED) is 0.0136. The number of cyclic esters (lactones) is 1. The van der Waals surface area contributed by atoms with Crippen LogP contribution >= 0.6 is 0 Å². The molecule has 1 aliphatic carbocycles. The molecular formula is C98H156N2O26. The number of fused-ring (bicyclic) bond motifs is 3. The fourth-order valence-corrected chi connectivity index (χ4v) is 11.7. The Morgan fingerprint density at radius 2 is 1.01 bits per heavy atom. The normalized spacial score (nSPS) is 21.8. The van der Waals surface area contributed by atoms with Crippen molar-refractivity contribution in [3.63, 3.8) is 0 Å². The van der Waals surface area contributed by atoms with Gasteiger partial charge in [0.15, 0.2) is 0 Å². The lowest BCUT2D eigenvalue weighted by molar-refractivity contribution is -0.808. The van der Waals surface area contributed by atoms with Crippen LogP contribution < -0.4 is 5.64 Å². The number of ether oxygens (including phenoxy) is 6. The Balaban J connectivity index is -0.0000000454. The number of rotatable bonds is 21. The Kier molecular flexibility index (Phi) is 59.1. The fourth-order valence-electron chi connectivity index (χ4n) is 11.7. The molecule has 5 N–H and O–H groups in total. The molecule has 0 aromatic heterocycles. The zero-order chi connectivity index (χ0) is 92.5. The van der Waals surface area contributed by atoms with E-state index in [1.807, 2.05) is 46.8 Å². The maximum absolute atomic E-state index is 14.5. The van der Waals surface area contributed by atoms with Gasteiger partial charge in [0.1, 0.15) is 30.1 Å². The summed E-state index contributed by atoms with van der Waals surface area (Å²) in [7, 11) is 4.64. The van der Waals surface area contributed by atoms with Crippen molar-refractivity contribution in [3.05, 3.63) is 36.0 Å². The van der Waals surface area contributed by atoms with E-state index in [-0.39, 0.29) is 113 Å². The van der Waals surface area contributed by atoms with E-state index >= 15 is 0 Å². The van der Waals surface area contributed by atoms with Gasteiger partial charge in [-0.05, 0) is 254 Å². The van der Waals surface area contributed by atoms with Crippen molar-refractivity contribution in [2.45, 2.75) is 187 Å². The van der Waals surface area contributed by atoms with E-state index in [1.54, 1.807) is 34.0 Å². The summed E-state index contributed by atoms with van der Waals surface area (Å²) in [6, 6.07) is -1.16. The second-order valence-electron chi connectivity index (χ2n) is 26.2. The van der Waals surface area contributed by atoms with Crippen LogP contribution in [0.1, 0.15) is 184 Å². The van der Waals surface area contributed by atoms with E-state index in [2.05, 4.69) is 340 Å². The molecule has 3 aliphatic heterocycles. The molecule has 28 heteroatoms. The Labute approximate surface area is 789 Å². The zero-order valence-electron chi connectivity index (χ0n) is 70.5. The summed E-state index contributed by atoms with van der Waals surface area (Å²) >= 11 is 0. The molecule has 14 atom stereocenters. The van der Waals surface area contributed by atoms with Crippen LogP contribution in [0.4, 0.5) is 0 Å². The number of amides is 1. The maximum Gasteiger partial charge on any atom is 0.329 e. The lowest BCUT2D eigenvalue weighted by Gasteiger charge is -2.47. The monoisotopic (exact) mass is 1780 g/mol. The highest BCUT2D eigenvalue weighted by molar-refractivity contribution is 6.39. The average Bonchev–Trinajstić information content (AvgIpc) is 0.835. The molecule has 2 bridgehead atoms. The number of nitrogens with zero attached hydrogens (tertiary/aromatic N) is 1. The number of carbonyl (C=O) groups excluding carboxylic acids is 5. The van der Waals surface area contributed by atoms with Gasteiger partial charge < -0.3 is 43.5 Å². The van der Waals surface area contributed by atoms with Crippen molar-refractivity contribution in [2.24, 2.45) is 35.5 Å². The third kappa shape index (κ3) is 47.7. The minimum atomic E-state index is -2.53. The number of terminal acetylenes is 1. The standard InChI is InChI=1S/C49H77NO13.C49H4.H3NO13.36H2/c1-12-15-35-22-29(4)21-30(5)23-41(59-10)45-42(60-11)25-32(7)49(57,63-45)46(54)47(55)50-19-14-13-16-36(50)48(56)62-44(33(8)37(51)27-38(35)52)31(6)24-34-17-18-39(40(26-34)58-9)61-43(53)20-28(2)3;1-3-5-7-9-11-13-15-17-19-21-23-25-27-29-31-33-35-37-39-41-43-45-47-49-48-46-44-42-40-38-36-34-32-30-28-26-24-22-20-18-16-14-12-10-8-6-4-2;2-6-10-12-8-4-1-5-9-13-14-11-7-3;;;;;;;;;;;;;;;;;;;;;;;;;;;;;;;;;;;;/h12,22,24,28,30,32-37,39-42,44-45,51,57H,1,13-21,23,25-27H2,2-11H3;1H,2H3;1-3H;36*1H/b29-22+,31-24+;;;;;;;;;;;;;;;;;;;;;;;;;;;;;;;;;;;;;;/t30-,32+,33+,34-,35+,36-,37-,39+,40+,41-,42-,44+,45+,49+;;;;;;;;;;;;;;;;;;;;;;;;;;;;;;;;;;;;;;/m0....................................../s1. The van der Waals surface area contributed by atoms with Crippen LogP contribution in [0.3, 0.4) is 0 Å². The molecule has 0 radical (unpaired) electrons. The summed E-state index contributed by atoms with van der Waals surface area (Å²) in [6.07, 6.45) is 10.2. The highest BCUT2D eigenvalue weighted by atomic mass is 17.9. The molecule has 1 amide bonds. The van der Waals surface area contributed by atoms with Crippen molar-refractivity contribution in [2.75, 3.05) is 27.9 Å². The maximum atomic E-state index is 14.5. The Morgan fingerprint density at radius 1 is 0.587 bits per heavy atom. The van der Waals surface area contributed by atoms with Crippen LogP contribution in [-0.4, -0.2) is 137 Å². The van der Waals surface area contributed by atoms with E-state index in [9.17, 15) is 34.2 Å². The lowest BCUT2D eigenvalue weighted by atomic mass is 9.81. The van der Waals surface area contributed by atoms with Gasteiger partial charge in [0, 0.05) is 287 Å². The molecule has 0 unspecified atom stereocenters. The van der Waals surface area contributed by atoms with Gasteiger partial charge in [-0.3, -0.25) is 19.2 Å². The molecular weight excluding hydrogens is 1620 g/mol. The largest absolute Gasteiger partial charge is 0.460 e. The van der Waals surface area contributed by atoms with Gasteiger partial charge in [0.2, 0.25) is 5.79 Å². The molecule has 1 saturated carbocycles. The Bertz CT molecular complexity index is 5640. The van der Waals surface area contributed by atoms with Crippen LogP contribution in [0.5, 0.6) is 0 Å². The number of aliphatic hydroxyl groups is 2. The molecule has 3 fully saturated rings. The van der Waals surface area contributed by atoms with Crippen molar-refractivity contribution >= 4 is 29.4 Å². The fraction of sp³-hybridized carbons (Fsp3) is 0.398. The van der Waals surface area contributed by atoms with Crippen molar-refractivity contribution in [3.8, 4) is 285 Å². The molecule has 3 heterocycles. The number of esters is 2. The minimum absolute atomic E-state index is 0. The minimum Gasteiger partial charge on any atom is -0.460 e. The van der Waals surface area contributed by atoms with E-state index in [0.29, 0.717) is 63.4 Å². The third-order valence-electron chi connectivity index (χ3n) is 17.0. The number of allylic oxidation sites excluding steroid dienone is 4. The SMILES string of the molecule is C#CC#CC#CC#CC#CC#CC#CC#CC#CC#CC#CC#CC#CC#CC#CC#CC#CC#CC#CC#CC#CC#CC#CC#CC.C=CC[C@@H]1/C=C(\C)C[C@H](C)C[C@H](OC)[C@H]2O[C@@](O)(C(=O)C(=O)N3CCCC[C@H]3C(=O)O[C@H](/C(C)=C/[C@@H]3CC[C@@H](OC(=O)CC(C)C)[C@H](OC)C3)[C@H](C)[C@@H](O)CC1=O)[C@H](C)C[C@@H]2OC.OOOOOONOOOOOOO.[HH].[HH].[HH].[HH].[HH].[HH].[HH].[HH].[HH].[HH].[HH].[HH].[HH].[HH].[HH].[HH].[HH].[HH].[HH].[HH].[HH].[HH].[HH].[HH].[HH].[HH].[HH].[HH].[HH].[HH].[HH].[HH].[HH].[HH].[HH].[HH]. The smallest absolute Gasteiger partial charge is 0.329 e. The predicted molar refractivity (Wildman–Crippen MR) is 526 cm³/mol. The van der Waals surface area contributed by atoms with Crippen molar-refractivity contribution in [1.29, 1.82) is 0 Å². The average molecular weight is 1780 g/mol. The van der Waals surface area contributed by atoms with Gasteiger partial charge in [-0.15, -0.1) is 13.0 Å². The number of nitrogens with one attached hydrogen (secondary N) is 1. The molecule has 4 aliphatic rings. The summed E-state index contributed by atoms with van der Waals surface area (Å²) < 4.78 is 36.0. The number of aliphatic hydroxyl groups excluding tert-OH is 1. The number of hydrogen-bond donors (Lipinski definition) is 5. The van der Waals surface area contributed by atoms with Crippen LogP contribution in [0, 0.1) is 320 Å². The van der Waals surface area contributed by atoms with Gasteiger partial charge >= 0.3 is 11.9 Å². The number of Topliss-reactive ketones (excluding diaryl/α,β-unsaturated/α-hetero) is 2. The van der Waals surface area contributed by atoms with Crippen LogP contribution in [0.15, 0.2) is 36.0 Å². The van der Waals surface area contributed by atoms with E-state index in [4.69, 9.17) is 45.4 Å². The highest BCUT2D eigenvalue weighted by Crippen LogP contribution is 2.40. The van der Waals surface area contributed by atoms with Crippen molar-refractivity contribution < 1.29 is 180 Å². The van der Waals surface area contributed by atoms with E-state index in [0.717, 1.165) is 5.57 Å². The number of ketones is 2. The number of hydrogen-bond acceptors (Lipinski definition) is 27. The van der Waals surface area contributed by atoms with Gasteiger partial charge in [-0.25, -0.2) is 15.3 Å². The summed E-state index contributed by atoms with van der Waals surface area (Å²) in [5, 5.41) is 68.2. The summed E-state index contributed by atoms with van der Waals surface area (Å²) in [6.45, 7) is 18.7. The molecule has 0 aromatic rings. The first-order valence-corrected chi connectivity index (χ1v) is 37.8. The Hall–Kier alpha value is -14.4. The molecule has 126 heavy (non-hydrogen) atoms. The van der Waals surface area contributed by atoms with Crippen LogP contribution in [0.25, 0.3) is 0 Å². The predicted octanol–water partition coefficient (Wildman–Crippen LogP) is 14.6. The molecule has 0 aromatic carbocycles. The van der Waals surface area contributed by atoms with Gasteiger partial charge in [-0.2, -0.15) is 0 Å². The topological polar surface area (TPSA) is 338 Å². The van der Waals surface area contributed by atoms with Crippen LogP contribution in [0.2, 0.25) is 0 Å². The van der Waals surface area contributed by atoms with Crippen LogP contribution in [-0.2, 0) is 108 Å². The number of methoxy groups -OCH3 is 3. The Morgan fingerprint density at radius 3 is 1.42 bits per heavy atom. The number of piperidine rings is 1. The highest BCUT2D eigenvalue weighted by Gasteiger charge is 2.57. The van der Waals surface area contributed by atoms with E-state index in [1.165, 1.54) is 24.8 Å². The third-order valence-corrected chi connectivity index (χ3v) is 17.0. The summed E-state index contributed by atoms with van der Waals surface area (Å²) in [5.74, 6) is 109. The second kappa shape index (κ2) is 69.2. The molecule has 714 valence electrons. The molecule has 0 spiro atoms. The summed E-state index contributed by atoms with van der Waals surface area (Å²) in [5.41, 5.74) is 2.96. The zero-order valence-corrected chi connectivity index (χ0v) is 70.5. The molecule has 4 rings (SSSR count). The van der Waals surface area contributed by atoms with Gasteiger partial charge in [-0.1, -0.05) is 74.3 Å². The van der Waals surface area contributed by atoms with Gasteiger partial charge in [0.25, 0.3) is 11.7 Å². The second-order valence-corrected chi connectivity index (χ2v) is 26.2. The van der Waals surface area contributed by atoms with E-state index < -0.39 is 83.9 Å². The first-order valence-electron chi connectivity index (χ1n) is 37.8. The summed E-state index contributed by atoms with van der Waals surface area (Å²) in [4.78, 5) is 78.2. The molecule has 2 saturated heterocycles. The van der Waals surface area contributed by atoms with Crippen molar-refractivity contribution in [1.82, 2.24) is 10.5 Å².